The minimum Gasteiger partial charge on any atom is -0.491 e. The Morgan fingerprint density at radius 2 is 2.14 bits per heavy atom. The fourth-order valence-electron chi connectivity index (χ4n) is 2.52. The Bertz CT molecular complexity index is 435. The molecule has 1 aromatic rings. The van der Waals surface area contributed by atoms with Crippen LogP contribution in [-0.2, 0) is 15.9 Å². The molecule has 2 N–H and O–H groups in total. The third kappa shape index (κ3) is 4.68. The molecular weight excluding hydrogens is 272 g/mol. The highest BCUT2D eigenvalue weighted by Gasteiger charge is 2.21. The van der Waals surface area contributed by atoms with E-state index < -0.39 is 12.2 Å². The van der Waals surface area contributed by atoms with Crippen LogP contribution in [0, 0.1) is 0 Å². The molecule has 2 rings (SSSR count). The zero-order valence-corrected chi connectivity index (χ0v) is 12.5. The van der Waals surface area contributed by atoms with Crippen molar-refractivity contribution in [2.45, 2.75) is 31.5 Å². The highest BCUT2D eigenvalue weighted by atomic mass is 16.5. The average molecular weight is 296 g/mol. The standard InChI is InChI=1S/C16H24O5/c1-19-8-9-20-10-12(17)11-21-16-7-3-4-13-14(16)5-2-6-15(13)18/h3-4,7,12,15,17-18H,2,5-6,8-11H2,1H3. The maximum atomic E-state index is 9.99. The van der Waals surface area contributed by atoms with E-state index in [0.717, 1.165) is 36.1 Å². The predicted molar refractivity (Wildman–Crippen MR) is 78.5 cm³/mol. The lowest BCUT2D eigenvalue weighted by atomic mass is 9.89. The molecule has 21 heavy (non-hydrogen) atoms. The molecule has 2 unspecified atom stereocenters. The van der Waals surface area contributed by atoms with Crippen LogP contribution >= 0.6 is 0 Å². The number of aliphatic hydroxyl groups excluding tert-OH is 2. The molecule has 0 aromatic heterocycles. The third-order valence-electron chi connectivity index (χ3n) is 3.61. The van der Waals surface area contributed by atoms with Crippen LogP contribution in [0.5, 0.6) is 5.75 Å². The first-order valence-electron chi connectivity index (χ1n) is 7.39. The largest absolute Gasteiger partial charge is 0.491 e. The van der Waals surface area contributed by atoms with E-state index in [1.807, 2.05) is 18.2 Å². The molecule has 5 heteroatoms. The highest BCUT2D eigenvalue weighted by Crippen LogP contribution is 2.35. The van der Waals surface area contributed by atoms with Gasteiger partial charge < -0.3 is 24.4 Å². The number of hydrogen-bond acceptors (Lipinski definition) is 5. The first-order valence-corrected chi connectivity index (χ1v) is 7.39. The number of hydrogen-bond donors (Lipinski definition) is 2. The van der Waals surface area contributed by atoms with E-state index in [0.29, 0.717) is 13.2 Å². The molecule has 0 fully saturated rings. The molecule has 0 aliphatic heterocycles. The van der Waals surface area contributed by atoms with Gasteiger partial charge in [0.25, 0.3) is 0 Å². The van der Waals surface area contributed by atoms with Crippen LogP contribution in [0.15, 0.2) is 18.2 Å². The molecular formula is C16H24O5. The number of ether oxygens (including phenoxy) is 3. The monoisotopic (exact) mass is 296 g/mol. The van der Waals surface area contributed by atoms with E-state index in [9.17, 15) is 10.2 Å². The lowest BCUT2D eigenvalue weighted by Gasteiger charge is -2.24. The van der Waals surface area contributed by atoms with Gasteiger partial charge in [-0.25, -0.2) is 0 Å². The lowest BCUT2D eigenvalue weighted by molar-refractivity contribution is -0.00440. The smallest absolute Gasteiger partial charge is 0.122 e. The van der Waals surface area contributed by atoms with Crippen molar-refractivity contribution >= 4 is 0 Å². The number of rotatable bonds is 8. The van der Waals surface area contributed by atoms with E-state index in [1.165, 1.54) is 0 Å². The minimum absolute atomic E-state index is 0.180. The molecule has 1 aromatic carbocycles. The zero-order valence-electron chi connectivity index (χ0n) is 12.5. The fourth-order valence-corrected chi connectivity index (χ4v) is 2.52. The predicted octanol–water partition coefficient (Wildman–Crippen LogP) is 1.46. The summed E-state index contributed by atoms with van der Waals surface area (Å²) in [7, 11) is 1.61. The normalized spacial score (nSPS) is 19.1. The van der Waals surface area contributed by atoms with Gasteiger partial charge >= 0.3 is 0 Å². The summed E-state index contributed by atoms with van der Waals surface area (Å²) in [6.07, 6.45) is 1.58. The molecule has 1 aliphatic rings. The maximum absolute atomic E-state index is 9.99. The SMILES string of the molecule is COCCOCC(O)COc1cccc2c1CCCC2O. The molecule has 0 amide bonds. The van der Waals surface area contributed by atoms with Crippen molar-refractivity contribution < 1.29 is 24.4 Å². The molecule has 5 nitrogen and oxygen atoms in total. The Morgan fingerprint density at radius 1 is 1.29 bits per heavy atom. The second kappa shape index (κ2) is 8.34. The van der Waals surface area contributed by atoms with E-state index in [4.69, 9.17) is 14.2 Å². The van der Waals surface area contributed by atoms with Crippen molar-refractivity contribution in [3.8, 4) is 5.75 Å². The van der Waals surface area contributed by atoms with Crippen molar-refractivity contribution in [3.05, 3.63) is 29.3 Å². The van der Waals surface area contributed by atoms with Crippen LogP contribution in [0.2, 0.25) is 0 Å². The van der Waals surface area contributed by atoms with Gasteiger partial charge in [0.15, 0.2) is 0 Å². The van der Waals surface area contributed by atoms with E-state index in [-0.39, 0.29) is 13.2 Å². The number of benzene rings is 1. The van der Waals surface area contributed by atoms with Crippen LogP contribution in [0.1, 0.15) is 30.1 Å². The highest BCUT2D eigenvalue weighted by molar-refractivity contribution is 5.42. The average Bonchev–Trinajstić information content (AvgIpc) is 2.50. The summed E-state index contributed by atoms with van der Waals surface area (Å²) in [6, 6.07) is 5.70. The summed E-state index contributed by atoms with van der Waals surface area (Å²) < 4.78 is 15.8. The van der Waals surface area contributed by atoms with Crippen LogP contribution in [-0.4, -0.2) is 49.9 Å². The van der Waals surface area contributed by atoms with Gasteiger partial charge in [-0.15, -0.1) is 0 Å². The summed E-state index contributed by atoms with van der Waals surface area (Å²) in [5, 5.41) is 19.8. The summed E-state index contributed by atoms with van der Waals surface area (Å²) in [4.78, 5) is 0. The molecule has 2 atom stereocenters. The fraction of sp³-hybridized carbons (Fsp3) is 0.625. The van der Waals surface area contributed by atoms with Gasteiger partial charge in [0.05, 0.1) is 25.9 Å². The Kier molecular flexibility index (Phi) is 6.45. The van der Waals surface area contributed by atoms with Crippen molar-refractivity contribution in [2.24, 2.45) is 0 Å². The van der Waals surface area contributed by atoms with E-state index in [1.54, 1.807) is 7.11 Å². The van der Waals surface area contributed by atoms with Gasteiger partial charge in [-0.2, -0.15) is 0 Å². The van der Waals surface area contributed by atoms with Gasteiger partial charge in [-0.3, -0.25) is 0 Å². The second-order valence-electron chi connectivity index (χ2n) is 5.26. The Labute approximate surface area is 125 Å². The molecule has 0 bridgehead atoms. The summed E-state index contributed by atoms with van der Waals surface area (Å²) >= 11 is 0. The second-order valence-corrected chi connectivity index (χ2v) is 5.26. The van der Waals surface area contributed by atoms with Gasteiger partial charge in [-0.1, -0.05) is 12.1 Å². The molecule has 118 valence electrons. The van der Waals surface area contributed by atoms with Gasteiger partial charge in [0.2, 0.25) is 0 Å². The molecule has 0 spiro atoms. The van der Waals surface area contributed by atoms with Crippen molar-refractivity contribution in [3.63, 3.8) is 0 Å². The summed E-state index contributed by atoms with van der Waals surface area (Å²) in [5.41, 5.74) is 2.01. The first-order chi connectivity index (χ1) is 10.2. The van der Waals surface area contributed by atoms with Crippen LogP contribution in [0.3, 0.4) is 0 Å². The van der Waals surface area contributed by atoms with Crippen molar-refractivity contribution in [1.82, 2.24) is 0 Å². The lowest BCUT2D eigenvalue weighted by Crippen LogP contribution is -2.25. The van der Waals surface area contributed by atoms with E-state index >= 15 is 0 Å². The molecule has 0 saturated carbocycles. The van der Waals surface area contributed by atoms with Crippen molar-refractivity contribution in [2.75, 3.05) is 33.5 Å². The Hall–Kier alpha value is -1.14. The molecule has 1 aliphatic carbocycles. The van der Waals surface area contributed by atoms with Gasteiger partial charge in [-0.05, 0) is 36.5 Å². The maximum Gasteiger partial charge on any atom is 0.122 e. The van der Waals surface area contributed by atoms with Crippen LogP contribution in [0.4, 0.5) is 0 Å². The van der Waals surface area contributed by atoms with Gasteiger partial charge in [0, 0.05) is 7.11 Å². The molecule has 0 saturated heterocycles. The molecule has 0 heterocycles. The molecule has 0 radical (unpaired) electrons. The third-order valence-corrected chi connectivity index (χ3v) is 3.61. The first kappa shape index (κ1) is 16.2. The number of methoxy groups -OCH3 is 1. The summed E-state index contributed by atoms with van der Waals surface area (Å²) in [5.74, 6) is 0.752. The Morgan fingerprint density at radius 3 is 2.95 bits per heavy atom. The van der Waals surface area contributed by atoms with Crippen molar-refractivity contribution in [1.29, 1.82) is 0 Å². The Balaban J connectivity index is 1.84. The van der Waals surface area contributed by atoms with Crippen LogP contribution in [0.25, 0.3) is 0 Å². The topological polar surface area (TPSA) is 68.2 Å². The quantitative estimate of drug-likeness (QED) is 0.711. The van der Waals surface area contributed by atoms with Gasteiger partial charge in [0.1, 0.15) is 18.5 Å². The van der Waals surface area contributed by atoms with E-state index in [2.05, 4.69) is 0 Å². The van der Waals surface area contributed by atoms with Crippen LogP contribution < -0.4 is 4.74 Å². The minimum atomic E-state index is -0.675. The summed E-state index contributed by atoms with van der Waals surface area (Å²) in [6.45, 7) is 1.37. The number of fused-ring (bicyclic) bond motifs is 1. The zero-order chi connectivity index (χ0) is 15.1. The number of aliphatic hydroxyl groups is 2.